The number of carbonyl (C=O) groups is 4. The fraction of sp³-hybridized carbons (Fsp3) is 0.615. The zero-order chi connectivity index (χ0) is 26.5. The quantitative estimate of drug-likeness (QED) is 0.196. The van der Waals surface area contributed by atoms with Crippen LogP contribution < -0.4 is 5.32 Å². The Labute approximate surface area is 208 Å². The first-order valence-corrected chi connectivity index (χ1v) is 11.9. The first-order valence-electron chi connectivity index (χ1n) is 11.9. The van der Waals surface area contributed by atoms with Gasteiger partial charge in [-0.1, -0.05) is 30.3 Å². The van der Waals surface area contributed by atoms with Gasteiger partial charge in [0.25, 0.3) is 0 Å². The summed E-state index contributed by atoms with van der Waals surface area (Å²) in [5.74, 6) is -0.578. The molecule has 35 heavy (non-hydrogen) atoms. The van der Waals surface area contributed by atoms with E-state index in [1.54, 1.807) is 41.5 Å². The van der Waals surface area contributed by atoms with E-state index in [-0.39, 0.29) is 32.5 Å². The van der Waals surface area contributed by atoms with Crippen molar-refractivity contribution in [2.45, 2.75) is 91.1 Å². The highest BCUT2D eigenvalue weighted by Gasteiger charge is 2.33. The van der Waals surface area contributed by atoms with Crippen molar-refractivity contribution in [3.05, 3.63) is 35.9 Å². The van der Waals surface area contributed by atoms with Crippen LogP contribution in [0.25, 0.3) is 0 Å². The Morgan fingerprint density at radius 1 is 0.971 bits per heavy atom. The van der Waals surface area contributed by atoms with Gasteiger partial charge in [0.15, 0.2) is 0 Å². The second-order valence-electron chi connectivity index (χ2n) is 10.2. The molecule has 9 heteroatoms. The minimum Gasteiger partial charge on any atom is -0.459 e. The number of rotatable bonds is 12. The number of unbranched alkanes of at least 4 members (excludes halogenated alkanes) is 1. The smallest absolute Gasteiger partial charge is 0.411 e. The summed E-state index contributed by atoms with van der Waals surface area (Å²) < 4.78 is 16.3. The molecule has 0 aromatic heterocycles. The lowest BCUT2D eigenvalue weighted by molar-refractivity contribution is -0.151. The fourth-order valence-electron chi connectivity index (χ4n) is 3.07. The monoisotopic (exact) mass is 492 g/mol. The highest BCUT2D eigenvalue weighted by atomic mass is 16.6. The average molecular weight is 493 g/mol. The maximum atomic E-state index is 13.1. The molecule has 0 fully saturated rings. The molecule has 9 nitrogen and oxygen atoms in total. The van der Waals surface area contributed by atoms with Gasteiger partial charge in [-0.3, -0.25) is 4.90 Å². The van der Waals surface area contributed by atoms with E-state index in [0.29, 0.717) is 12.8 Å². The van der Waals surface area contributed by atoms with Crippen LogP contribution in [0.3, 0.4) is 0 Å². The number of esters is 1. The molecular formula is C26H40N2O7. The number of nitrogens with one attached hydrogen (secondary N) is 1. The van der Waals surface area contributed by atoms with Crippen LogP contribution in [0.4, 0.5) is 9.59 Å². The first-order chi connectivity index (χ1) is 16.3. The van der Waals surface area contributed by atoms with Crippen LogP contribution in [0.15, 0.2) is 30.3 Å². The molecule has 0 saturated carbocycles. The largest absolute Gasteiger partial charge is 0.459 e. The van der Waals surface area contributed by atoms with Crippen molar-refractivity contribution in [1.29, 1.82) is 0 Å². The molecule has 196 valence electrons. The molecule has 1 unspecified atom stereocenters. The molecule has 0 aliphatic carbocycles. The van der Waals surface area contributed by atoms with Gasteiger partial charge in [-0.2, -0.15) is 0 Å². The molecule has 2 amide bonds. The van der Waals surface area contributed by atoms with Gasteiger partial charge in [0.1, 0.15) is 30.1 Å². The number of aldehydes is 1. The van der Waals surface area contributed by atoms with Crippen molar-refractivity contribution in [1.82, 2.24) is 10.2 Å². The normalized spacial score (nSPS) is 12.3. The topological polar surface area (TPSA) is 111 Å². The van der Waals surface area contributed by atoms with Crippen LogP contribution >= 0.6 is 0 Å². The Hall–Kier alpha value is -3.10. The van der Waals surface area contributed by atoms with Gasteiger partial charge < -0.3 is 24.3 Å². The van der Waals surface area contributed by atoms with Crippen molar-refractivity contribution in [2.75, 3.05) is 13.1 Å². The summed E-state index contributed by atoms with van der Waals surface area (Å²) in [6, 6.07) is 8.29. The Morgan fingerprint density at radius 3 is 2.17 bits per heavy atom. The molecule has 1 rings (SSSR count). The predicted molar refractivity (Wildman–Crippen MR) is 132 cm³/mol. The Bertz CT molecular complexity index is 813. The fourth-order valence-corrected chi connectivity index (χ4v) is 3.07. The number of amides is 2. The number of ether oxygens (including phenoxy) is 3. The number of hydrogen-bond donors (Lipinski definition) is 1. The maximum Gasteiger partial charge on any atom is 0.411 e. The van der Waals surface area contributed by atoms with Gasteiger partial charge >= 0.3 is 18.2 Å². The zero-order valence-corrected chi connectivity index (χ0v) is 21.8. The van der Waals surface area contributed by atoms with Crippen molar-refractivity contribution in [3.63, 3.8) is 0 Å². The molecule has 0 bridgehead atoms. The van der Waals surface area contributed by atoms with Crippen LogP contribution in [0.5, 0.6) is 0 Å². The second-order valence-corrected chi connectivity index (χ2v) is 10.2. The Morgan fingerprint density at radius 2 is 1.60 bits per heavy atom. The number of nitrogens with zero attached hydrogens (tertiary/aromatic N) is 1. The second kappa shape index (κ2) is 14.3. The van der Waals surface area contributed by atoms with E-state index in [0.717, 1.165) is 11.8 Å². The summed E-state index contributed by atoms with van der Waals surface area (Å²) in [6.07, 6.45) is 0.803. The van der Waals surface area contributed by atoms with Crippen molar-refractivity contribution >= 4 is 24.4 Å². The third-order valence-corrected chi connectivity index (χ3v) is 4.54. The SMILES string of the molecule is CC(C)(C)OC(=O)NCCCN(C(=O)OC(C)(C)C)C(CCCC=O)C(=O)OCc1ccccc1. The molecule has 0 radical (unpaired) electrons. The number of alkyl carbamates (subject to hydrolysis) is 1. The lowest BCUT2D eigenvalue weighted by Gasteiger charge is -2.32. The van der Waals surface area contributed by atoms with Crippen molar-refractivity contribution < 1.29 is 33.4 Å². The first kappa shape index (κ1) is 29.9. The molecule has 1 N–H and O–H groups in total. The van der Waals surface area contributed by atoms with E-state index in [2.05, 4.69) is 5.32 Å². The number of hydrogen-bond acceptors (Lipinski definition) is 7. The summed E-state index contributed by atoms with van der Waals surface area (Å²) in [6.45, 7) is 10.9. The summed E-state index contributed by atoms with van der Waals surface area (Å²) in [5, 5.41) is 2.65. The van der Waals surface area contributed by atoms with Crippen LogP contribution in [-0.2, 0) is 30.4 Å². The van der Waals surface area contributed by atoms with Gasteiger partial charge in [0.05, 0.1) is 0 Å². The van der Waals surface area contributed by atoms with E-state index in [1.807, 2.05) is 30.3 Å². The van der Waals surface area contributed by atoms with E-state index >= 15 is 0 Å². The molecule has 0 heterocycles. The highest BCUT2D eigenvalue weighted by molar-refractivity contribution is 5.81. The van der Waals surface area contributed by atoms with Gasteiger partial charge in [0.2, 0.25) is 0 Å². The highest BCUT2D eigenvalue weighted by Crippen LogP contribution is 2.18. The van der Waals surface area contributed by atoms with Gasteiger partial charge in [0, 0.05) is 19.5 Å². The molecule has 0 aliphatic heterocycles. The summed E-state index contributed by atoms with van der Waals surface area (Å²) in [7, 11) is 0. The van der Waals surface area contributed by atoms with E-state index in [9.17, 15) is 19.2 Å². The minimum atomic E-state index is -0.935. The van der Waals surface area contributed by atoms with E-state index in [1.165, 1.54) is 4.90 Å². The lowest BCUT2D eigenvalue weighted by Crippen LogP contribution is -2.49. The third-order valence-electron chi connectivity index (χ3n) is 4.54. The number of benzene rings is 1. The molecular weight excluding hydrogens is 452 g/mol. The standard InChI is InChI=1S/C26H40N2O7/c1-25(2,3)34-23(31)27-16-12-17-28(24(32)35-26(4,5)6)21(15-10-11-18-29)22(30)33-19-20-13-8-7-9-14-20/h7-9,13-14,18,21H,10-12,15-17,19H2,1-6H3,(H,27,31). The summed E-state index contributed by atoms with van der Waals surface area (Å²) in [5.41, 5.74) is -0.581. The van der Waals surface area contributed by atoms with Gasteiger partial charge in [-0.05, 0) is 66.4 Å². The van der Waals surface area contributed by atoms with Gasteiger partial charge in [-0.25, -0.2) is 14.4 Å². The Kier molecular flexibility index (Phi) is 12.3. The number of carbonyl (C=O) groups excluding carboxylic acids is 4. The average Bonchev–Trinajstić information content (AvgIpc) is 2.74. The summed E-state index contributed by atoms with van der Waals surface area (Å²) >= 11 is 0. The van der Waals surface area contributed by atoms with Gasteiger partial charge in [-0.15, -0.1) is 0 Å². The zero-order valence-electron chi connectivity index (χ0n) is 21.8. The maximum absolute atomic E-state index is 13.1. The minimum absolute atomic E-state index is 0.0617. The van der Waals surface area contributed by atoms with Crippen LogP contribution in [0.2, 0.25) is 0 Å². The van der Waals surface area contributed by atoms with E-state index < -0.39 is 35.4 Å². The molecule has 1 aromatic rings. The van der Waals surface area contributed by atoms with Crippen molar-refractivity contribution in [3.8, 4) is 0 Å². The van der Waals surface area contributed by atoms with Crippen LogP contribution in [-0.4, -0.2) is 59.7 Å². The Balaban J connectivity index is 2.94. The lowest BCUT2D eigenvalue weighted by atomic mass is 10.1. The molecule has 1 aromatic carbocycles. The molecule has 1 atom stereocenters. The van der Waals surface area contributed by atoms with Crippen LogP contribution in [0.1, 0.15) is 72.8 Å². The molecule has 0 spiro atoms. The predicted octanol–water partition coefficient (Wildman–Crippen LogP) is 4.62. The molecule has 0 aliphatic rings. The molecule has 0 saturated heterocycles. The van der Waals surface area contributed by atoms with Crippen molar-refractivity contribution in [2.24, 2.45) is 0 Å². The third kappa shape index (κ3) is 13.4. The van der Waals surface area contributed by atoms with E-state index in [4.69, 9.17) is 14.2 Å². The van der Waals surface area contributed by atoms with Crippen LogP contribution in [0, 0.1) is 0 Å². The summed E-state index contributed by atoms with van der Waals surface area (Å²) in [4.78, 5) is 50.2.